The van der Waals surface area contributed by atoms with Gasteiger partial charge < -0.3 is 9.64 Å². The largest absolute Gasteiger partial charge is 0.497 e. The molecule has 2 amide bonds. The van der Waals surface area contributed by atoms with Crippen molar-refractivity contribution in [2.75, 3.05) is 16.9 Å². The summed E-state index contributed by atoms with van der Waals surface area (Å²) in [7, 11) is 1.59. The molecule has 0 aliphatic carbocycles. The number of rotatable bonds is 3. The van der Waals surface area contributed by atoms with Gasteiger partial charge in [0.1, 0.15) is 17.6 Å². The quantitative estimate of drug-likeness (QED) is 0.668. The summed E-state index contributed by atoms with van der Waals surface area (Å²) < 4.78 is 18.8. The van der Waals surface area contributed by atoms with Crippen LogP contribution in [0.2, 0.25) is 0 Å². The molecular weight excluding hydrogens is 423 g/mol. The number of carbonyl (C=O) groups excluding carboxylic acids is 3. The lowest BCUT2D eigenvalue weighted by Crippen LogP contribution is -2.51. The number of nitrogens with zero attached hydrogens (tertiary/aromatic N) is 2. The van der Waals surface area contributed by atoms with E-state index in [4.69, 9.17) is 4.74 Å². The van der Waals surface area contributed by atoms with Gasteiger partial charge in [0.2, 0.25) is 11.8 Å². The summed E-state index contributed by atoms with van der Waals surface area (Å²) in [5.74, 6) is -2.17. The molecule has 0 unspecified atom stereocenters. The summed E-state index contributed by atoms with van der Waals surface area (Å²) >= 11 is 0. The number of imide groups is 1. The van der Waals surface area contributed by atoms with Crippen molar-refractivity contribution in [3.05, 3.63) is 59.9 Å². The van der Waals surface area contributed by atoms with Crippen molar-refractivity contribution < 1.29 is 23.5 Å². The number of methoxy groups -OCH3 is 1. The first kappa shape index (κ1) is 21.4. The Morgan fingerprint density at radius 2 is 1.67 bits per heavy atom. The maximum atomic E-state index is 13.7. The summed E-state index contributed by atoms with van der Waals surface area (Å²) in [5, 5.41) is 0. The minimum Gasteiger partial charge on any atom is -0.497 e. The molecule has 3 aliphatic heterocycles. The van der Waals surface area contributed by atoms with E-state index >= 15 is 0 Å². The summed E-state index contributed by atoms with van der Waals surface area (Å²) in [6, 6.07) is 9.62. The van der Waals surface area contributed by atoms with E-state index in [2.05, 4.69) is 0 Å². The van der Waals surface area contributed by atoms with Gasteiger partial charge >= 0.3 is 0 Å². The standard InChI is InChI=1S/C26H25FN2O4/c1-26(2,3)23(30)22-21-20(24(31)28(25(21)32)16-8-6-15(27)7-9-16)19-11-5-14-13-17(33-4)10-12-18(14)29(19)22/h5-13,19-22H,1-4H3/t19-,20+,21-,22-/m1/s1. The fourth-order valence-corrected chi connectivity index (χ4v) is 5.27. The van der Waals surface area contributed by atoms with Gasteiger partial charge in [-0.3, -0.25) is 14.4 Å². The average molecular weight is 448 g/mol. The maximum Gasteiger partial charge on any atom is 0.240 e. The van der Waals surface area contributed by atoms with E-state index < -0.39 is 41.1 Å². The van der Waals surface area contributed by atoms with Crippen LogP contribution in [0.25, 0.3) is 6.08 Å². The van der Waals surface area contributed by atoms with Crippen molar-refractivity contribution in [3.63, 3.8) is 0 Å². The van der Waals surface area contributed by atoms with Gasteiger partial charge in [0.25, 0.3) is 0 Å². The summed E-state index contributed by atoms with van der Waals surface area (Å²) in [4.78, 5) is 44.0. The van der Waals surface area contributed by atoms with E-state index in [0.29, 0.717) is 11.4 Å². The fourth-order valence-electron chi connectivity index (χ4n) is 5.27. The van der Waals surface area contributed by atoms with E-state index in [1.165, 1.54) is 24.3 Å². The molecule has 0 radical (unpaired) electrons. The van der Waals surface area contributed by atoms with Crippen LogP contribution in [0.5, 0.6) is 5.75 Å². The molecule has 5 rings (SSSR count). The number of hydrogen-bond donors (Lipinski definition) is 0. The predicted octanol–water partition coefficient (Wildman–Crippen LogP) is 3.84. The lowest BCUT2D eigenvalue weighted by molar-refractivity contribution is -0.132. The zero-order chi connectivity index (χ0) is 23.7. The topological polar surface area (TPSA) is 66.9 Å². The number of benzene rings is 2. The summed E-state index contributed by atoms with van der Waals surface area (Å²) in [6.07, 6.45) is 3.81. The third kappa shape index (κ3) is 3.09. The van der Waals surface area contributed by atoms with Gasteiger partial charge in [0.15, 0.2) is 5.78 Å². The Morgan fingerprint density at radius 3 is 2.30 bits per heavy atom. The molecule has 2 aromatic carbocycles. The van der Waals surface area contributed by atoms with Crippen LogP contribution in [-0.2, 0) is 14.4 Å². The molecule has 0 aromatic heterocycles. The Kier molecular flexibility index (Phi) is 4.71. The van der Waals surface area contributed by atoms with Crippen molar-refractivity contribution in [2.45, 2.75) is 32.9 Å². The zero-order valence-corrected chi connectivity index (χ0v) is 18.9. The van der Waals surface area contributed by atoms with E-state index in [-0.39, 0.29) is 11.7 Å². The van der Waals surface area contributed by atoms with Crippen molar-refractivity contribution in [1.29, 1.82) is 0 Å². The molecule has 33 heavy (non-hydrogen) atoms. The molecule has 0 bridgehead atoms. The zero-order valence-electron chi connectivity index (χ0n) is 18.9. The predicted molar refractivity (Wildman–Crippen MR) is 122 cm³/mol. The highest BCUT2D eigenvalue weighted by atomic mass is 19.1. The molecule has 2 aromatic rings. The van der Waals surface area contributed by atoms with Crippen LogP contribution in [0.4, 0.5) is 15.8 Å². The number of halogens is 1. The molecule has 3 aliphatic rings. The van der Waals surface area contributed by atoms with Gasteiger partial charge in [0, 0.05) is 16.7 Å². The number of hydrogen-bond acceptors (Lipinski definition) is 5. The molecule has 6 nitrogen and oxygen atoms in total. The highest BCUT2D eigenvalue weighted by Crippen LogP contribution is 2.50. The Bertz CT molecular complexity index is 1200. The number of anilines is 2. The molecule has 4 atom stereocenters. The summed E-state index contributed by atoms with van der Waals surface area (Å²) in [6.45, 7) is 5.47. The molecule has 0 spiro atoms. The molecule has 0 N–H and O–H groups in total. The SMILES string of the molecule is COc1ccc2c(c1)C=C[C@@H]1[C@@H]3C(=O)N(c4ccc(F)cc4)C(=O)[C@H]3[C@H](C(=O)C(C)(C)C)N21. The number of ketones is 1. The minimum absolute atomic E-state index is 0.0980. The third-order valence-corrected chi connectivity index (χ3v) is 6.81. The highest BCUT2D eigenvalue weighted by molar-refractivity contribution is 6.25. The smallest absolute Gasteiger partial charge is 0.240 e. The second-order valence-electron chi connectivity index (χ2n) is 9.78. The van der Waals surface area contributed by atoms with Gasteiger partial charge in [-0.05, 0) is 42.5 Å². The monoisotopic (exact) mass is 448 g/mol. The number of Topliss-reactive ketones (excluding diaryl/α,β-unsaturated/α-hetero) is 1. The normalized spacial score (nSPS) is 25.7. The van der Waals surface area contributed by atoms with Crippen molar-refractivity contribution in [3.8, 4) is 5.75 Å². The first-order valence-electron chi connectivity index (χ1n) is 11.0. The Labute approximate surface area is 191 Å². The van der Waals surface area contributed by atoms with Gasteiger partial charge in [-0.1, -0.05) is 32.9 Å². The Hall–Kier alpha value is -3.48. The van der Waals surface area contributed by atoms with Crippen molar-refractivity contribution in [2.24, 2.45) is 17.3 Å². The molecule has 0 saturated carbocycles. The lowest BCUT2D eigenvalue weighted by Gasteiger charge is -2.38. The first-order chi connectivity index (χ1) is 15.6. The van der Waals surface area contributed by atoms with E-state index in [1.54, 1.807) is 7.11 Å². The van der Waals surface area contributed by atoms with Gasteiger partial charge in [0.05, 0.1) is 30.7 Å². The molecule has 7 heteroatoms. The molecule has 3 heterocycles. The first-order valence-corrected chi connectivity index (χ1v) is 11.0. The van der Waals surface area contributed by atoms with Crippen LogP contribution in [0.15, 0.2) is 48.5 Å². The second-order valence-corrected chi connectivity index (χ2v) is 9.78. The van der Waals surface area contributed by atoms with E-state index in [9.17, 15) is 18.8 Å². The minimum atomic E-state index is -0.822. The van der Waals surface area contributed by atoms with E-state index in [1.807, 2.05) is 56.0 Å². The average Bonchev–Trinajstić information content (AvgIpc) is 3.26. The van der Waals surface area contributed by atoms with Crippen LogP contribution in [0.1, 0.15) is 26.3 Å². The molecule has 2 saturated heterocycles. The van der Waals surface area contributed by atoms with Crippen LogP contribution in [-0.4, -0.2) is 36.8 Å². The maximum absolute atomic E-state index is 13.7. The fraction of sp³-hybridized carbons (Fsp3) is 0.346. The number of carbonyl (C=O) groups is 3. The van der Waals surface area contributed by atoms with Crippen molar-refractivity contribution in [1.82, 2.24) is 0 Å². The number of fused-ring (bicyclic) bond motifs is 5. The molecule has 170 valence electrons. The van der Waals surface area contributed by atoms with Crippen LogP contribution in [0.3, 0.4) is 0 Å². The highest BCUT2D eigenvalue weighted by Gasteiger charge is 2.65. The Balaban J connectivity index is 1.64. The van der Waals surface area contributed by atoms with Crippen molar-refractivity contribution >= 4 is 35.0 Å². The number of ether oxygens (including phenoxy) is 1. The lowest BCUT2D eigenvalue weighted by atomic mass is 9.79. The van der Waals surface area contributed by atoms with Crippen LogP contribution in [0, 0.1) is 23.1 Å². The van der Waals surface area contributed by atoms with Gasteiger partial charge in [-0.2, -0.15) is 0 Å². The third-order valence-electron chi connectivity index (χ3n) is 6.81. The van der Waals surface area contributed by atoms with E-state index in [0.717, 1.165) is 16.2 Å². The van der Waals surface area contributed by atoms with Gasteiger partial charge in [-0.15, -0.1) is 0 Å². The Morgan fingerprint density at radius 1 is 1.00 bits per heavy atom. The van der Waals surface area contributed by atoms with Crippen LogP contribution >= 0.6 is 0 Å². The second kappa shape index (κ2) is 7.27. The van der Waals surface area contributed by atoms with Crippen LogP contribution < -0.4 is 14.5 Å². The molecular formula is C26H25FN2O4. The molecule has 2 fully saturated rings. The number of amides is 2. The summed E-state index contributed by atoms with van der Waals surface area (Å²) in [5.41, 5.74) is 1.27. The van der Waals surface area contributed by atoms with Gasteiger partial charge in [-0.25, -0.2) is 9.29 Å².